The minimum Gasteiger partial charge on any atom is -0.489 e. The van der Waals surface area contributed by atoms with Crippen molar-refractivity contribution in [3.05, 3.63) is 40.1 Å². The number of thiophene rings is 1. The van der Waals surface area contributed by atoms with Gasteiger partial charge in [-0.1, -0.05) is 0 Å². The van der Waals surface area contributed by atoms with E-state index in [9.17, 15) is 4.79 Å². The van der Waals surface area contributed by atoms with Crippen molar-refractivity contribution in [2.75, 3.05) is 19.9 Å². The molecule has 2 aliphatic rings. The van der Waals surface area contributed by atoms with Crippen LogP contribution in [0.4, 0.5) is 0 Å². The van der Waals surface area contributed by atoms with Gasteiger partial charge in [0, 0.05) is 24.7 Å². The van der Waals surface area contributed by atoms with Crippen LogP contribution in [0.25, 0.3) is 0 Å². The first-order valence-corrected chi connectivity index (χ1v) is 8.57. The Morgan fingerprint density at radius 2 is 2.00 bits per heavy atom. The van der Waals surface area contributed by atoms with Gasteiger partial charge in [-0.2, -0.15) is 0 Å². The van der Waals surface area contributed by atoms with Gasteiger partial charge in [-0.05, 0) is 36.4 Å². The number of hydrogen-bond acceptors (Lipinski definition) is 5. The second kappa shape index (κ2) is 6.12. The third-order valence-corrected chi connectivity index (χ3v) is 4.97. The van der Waals surface area contributed by atoms with E-state index in [1.54, 1.807) is 0 Å². The predicted octanol–water partition coefficient (Wildman–Crippen LogP) is 3.29. The molecule has 0 aliphatic carbocycles. The normalized spacial score (nSPS) is 15.9. The molecule has 1 aromatic carbocycles. The minimum atomic E-state index is 0.141. The minimum absolute atomic E-state index is 0.141. The molecule has 1 fully saturated rings. The Bertz CT molecular complexity index is 721. The molecule has 1 saturated heterocycles. The number of rotatable bonds is 4. The summed E-state index contributed by atoms with van der Waals surface area (Å²) in [5.41, 5.74) is 1.01. The maximum Gasteiger partial charge on any atom is 0.263 e. The van der Waals surface area contributed by atoms with Crippen molar-refractivity contribution in [2.24, 2.45) is 0 Å². The third kappa shape index (κ3) is 2.99. The van der Waals surface area contributed by atoms with Crippen molar-refractivity contribution in [1.82, 2.24) is 4.90 Å². The van der Waals surface area contributed by atoms with Crippen LogP contribution in [0, 0.1) is 0 Å². The molecule has 1 aromatic heterocycles. The monoisotopic (exact) mass is 331 g/mol. The Balaban J connectivity index is 1.39. The molecule has 0 radical (unpaired) electrons. The van der Waals surface area contributed by atoms with Gasteiger partial charge in [0.25, 0.3) is 5.91 Å². The maximum atomic E-state index is 12.3. The second-order valence-corrected chi connectivity index (χ2v) is 6.53. The van der Waals surface area contributed by atoms with E-state index in [0.29, 0.717) is 12.4 Å². The van der Waals surface area contributed by atoms with Crippen molar-refractivity contribution in [3.8, 4) is 17.2 Å². The summed E-state index contributed by atoms with van der Waals surface area (Å²) >= 11 is 1.48. The van der Waals surface area contributed by atoms with Gasteiger partial charge in [0.1, 0.15) is 12.4 Å². The zero-order valence-electron chi connectivity index (χ0n) is 12.6. The molecule has 0 N–H and O–H groups in total. The van der Waals surface area contributed by atoms with Crippen LogP contribution in [-0.2, 0) is 6.61 Å². The van der Waals surface area contributed by atoms with Crippen LogP contribution in [0.1, 0.15) is 28.1 Å². The van der Waals surface area contributed by atoms with Crippen LogP contribution in [-0.4, -0.2) is 30.7 Å². The molecule has 0 saturated carbocycles. The topological polar surface area (TPSA) is 48.0 Å². The highest BCUT2D eigenvalue weighted by Gasteiger charge is 2.21. The smallest absolute Gasteiger partial charge is 0.263 e. The van der Waals surface area contributed by atoms with E-state index >= 15 is 0 Å². The third-order valence-electron chi connectivity index (χ3n) is 4.01. The largest absolute Gasteiger partial charge is 0.489 e. The summed E-state index contributed by atoms with van der Waals surface area (Å²) in [7, 11) is 0. The Hall–Kier alpha value is -2.21. The van der Waals surface area contributed by atoms with Crippen LogP contribution >= 0.6 is 11.3 Å². The van der Waals surface area contributed by atoms with Crippen LogP contribution in [0.5, 0.6) is 17.2 Å². The number of benzene rings is 1. The van der Waals surface area contributed by atoms with E-state index in [1.807, 2.05) is 34.5 Å². The number of fused-ring (bicyclic) bond motifs is 1. The molecule has 0 atom stereocenters. The molecule has 3 heterocycles. The van der Waals surface area contributed by atoms with Crippen molar-refractivity contribution in [1.29, 1.82) is 0 Å². The number of ether oxygens (including phenoxy) is 3. The van der Waals surface area contributed by atoms with Crippen LogP contribution in [0.2, 0.25) is 0 Å². The summed E-state index contributed by atoms with van der Waals surface area (Å²) in [6, 6.07) is 7.45. The van der Waals surface area contributed by atoms with E-state index in [-0.39, 0.29) is 12.7 Å². The summed E-state index contributed by atoms with van der Waals surface area (Å²) in [5, 5.41) is 1.98. The van der Waals surface area contributed by atoms with E-state index < -0.39 is 0 Å². The SMILES string of the molecule is O=C(c1cc(COc2ccc3c(c2)OCO3)cs1)N1CCCC1. The zero-order chi connectivity index (χ0) is 15.6. The lowest BCUT2D eigenvalue weighted by Gasteiger charge is -2.13. The van der Waals surface area contributed by atoms with Gasteiger partial charge >= 0.3 is 0 Å². The average Bonchev–Trinajstić information content (AvgIpc) is 3.32. The van der Waals surface area contributed by atoms with Gasteiger partial charge in [0.15, 0.2) is 11.5 Å². The van der Waals surface area contributed by atoms with E-state index in [1.165, 1.54) is 11.3 Å². The molecule has 0 spiro atoms. The van der Waals surface area contributed by atoms with Gasteiger partial charge in [-0.15, -0.1) is 11.3 Å². The number of amides is 1. The van der Waals surface area contributed by atoms with Gasteiger partial charge < -0.3 is 19.1 Å². The molecule has 120 valence electrons. The first-order chi connectivity index (χ1) is 11.3. The van der Waals surface area contributed by atoms with Crippen molar-refractivity contribution >= 4 is 17.2 Å². The quantitative estimate of drug-likeness (QED) is 0.862. The molecule has 0 bridgehead atoms. The van der Waals surface area contributed by atoms with Gasteiger partial charge in [-0.25, -0.2) is 0 Å². The lowest BCUT2D eigenvalue weighted by Crippen LogP contribution is -2.26. The van der Waals surface area contributed by atoms with Crippen LogP contribution < -0.4 is 14.2 Å². The Morgan fingerprint density at radius 3 is 2.87 bits per heavy atom. The second-order valence-electron chi connectivity index (χ2n) is 5.62. The van der Waals surface area contributed by atoms with Crippen molar-refractivity contribution < 1.29 is 19.0 Å². The molecule has 4 rings (SSSR count). The zero-order valence-corrected chi connectivity index (χ0v) is 13.4. The fraction of sp³-hybridized carbons (Fsp3) is 0.353. The lowest BCUT2D eigenvalue weighted by molar-refractivity contribution is 0.0797. The first kappa shape index (κ1) is 14.4. The summed E-state index contributed by atoms with van der Waals surface area (Å²) in [6.45, 7) is 2.44. The molecule has 2 aromatic rings. The van der Waals surface area contributed by atoms with Gasteiger partial charge in [-0.3, -0.25) is 4.79 Å². The Morgan fingerprint density at radius 1 is 1.17 bits per heavy atom. The molecule has 6 heteroatoms. The highest BCUT2D eigenvalue weighted by Crippen LogP contribution is 2.35. The van der Waals surface area contributed by atoms with E-state index in [4.69, 9.17) is 14.2 Å². The summed E-state index contributed by atoms with van der Waals surface area (Å²) in [6.07, 6.45) is 2.22. The first-order valence-electron chi connectivity index (χ1n) is 7.69. The lowest BCUT2D eigenvalue weighted by atomic mass is 10.3. The van der Waals surface area contributed by atoms with Crippen LogP contribution in [0.15, 0.2) is 29.6 Å². The number of likely N-dealkylation sites (tertiary alicyclic amines) is 1. The van der Waals surface area contributed by atoms with Gasteiger partial charge in [0.2, 0.25) is 6.79 Å². The Labute approximate surface area is 138 Å². The summed E-state index contributed by atoms with van der Waals surface area (Å²) < 4.78 is 16.4. The molecule has 2 aliphatic heterocycles. The molecular formula is C17H17NO4S. The van der Waals surface area contributed by atoms with Crippen LogP contribution in [0.3, 0.4) is 0 Å². The number of carbonyl (C=O) groups excluding carboxylic acids is 1. The number of hydrogen-bond donors (Lipinski definition) is 0. The molecule has 23 heavy (non-hydrogen) atoms. The fourth-order valence-electron chi connectivity index (χ4n) is 2.77. The fourth-order valence-corrected chi connectivity index (χ4v) is 3.64. The van der Waals surface area contributed by atoms with E-state index in [0.717, 1.165) is 47.9 Å². The molecule has 5 nitrogen and oxygen atoms in total. The maximum absolute atomic E-state index is 12.3. The average molecular weight is 331 g/mol. The van der Waals surface area contributed by atoms with E-state index in [2.05, 4.69) is 0 Å². The summed E-state index contributed by atoms with van der Waals surface area (Å²) in [4.78, 5) is 15.0. The highest BCUT2D eigenvalue weighted by molar-refractivity contribution is 7.12. The highest BCUT2D eigenvalue weighted by atomic mass is 32.1. The predicted molar refractivity (Wildman–Crippen MR) is 86.4 cm³/mol. The summed E-state index contributed by atoms with van der Waals surface area (Å²) in [5.74, 6) is 2.32. The molecule has 0 unspecified atom stereocenters. The van der Waals surface area contributed by atoms with Crippen molar-refractivity contribution in [3.63, 3.8) is 0 Å². The number of nitrogens with zero attached hydrogens (tertiary/aromatic N) is 1. The molecular weight excluding hydrogens is 314 g/mol. The Kier molecular flexibility index (Phi) is 3.83. The van der Waals surface area contributed by atoms with Crippen molar-refractivity contribution in [2.45, 2.75) is 19.4 Å². The number of carbonyl (C=O) groups is 1. The standard InChI is InChI=1S/C17H17NO4S/c19-17(18-5-1-2-6-18)16-7-12(10-23-16)9-20-13-3-4-14-15(8-13)22-11-21-14/h3-4,7-8,10H,1-2,5-6,9,11H2. The molecule has 1 amide bonds. The van der Waals surface area contributed by atoms with Gasteiger partial charge in [0.05, 0.1) is 4.88 Å².